The Bertz CT molecular complexity index is 696. The molecule has 7 nitrogen and oxygen atoms in total. The summed E-state index contributed by atoms with van der Waals surface area (Å²) in [5, 5.41) is 7.11. The molecular formula is C13H19N5O2S. The minimum atomic E-state index is -3.62. The first-order valence-electron chi connectivity index (χ1n) is 6.64. The zero-order valence-electron chi connectivity index (χ0n) is 12.1. The molecule has 2 aromatic rings. The molecule has 0 aliphatic rings. The van der Waals surface area contributed by atoms with Gasteiger partial charge in [0.1, 0.15) is 4.90 Å². The van der Waals surface area contributed by atoms with Gasteiger partial charge < -0.3 is 5.32 Å². The van der Waals surface area contributed by atoms with E-state index in [0.717, 1.165) is 18.7 Å². The molecule has 0 aromatic carbocycles. The molecule has 0 radical (unpaired) electrons. The molecule has 2 rings (SSSR count). The van der Waals surface area contributed by atoms with E-state index in [9.17, 15) is 8.42 Å². The largest absolute Gasteiger partial charge is 0.320 e. The monoisotopic (exact) mass is 309 g/mol. The molecule has 0 saturated heterocycles. The molecule has 0 spiro atoms. The number of pyridine rings is 1. The van der Waals surface area contributed by atoms with Crippen molar-refractivity contribution in [2.45, 2.75) is 24.8 Å². The molecule has 0 amide bonds. The van der Waals surface area contributed by atoms with Crippen molar-refractivity contribution in [3.05, 3.63) is 36.4 Å². The van der Waals surface area contributed by atoms with E-state index in [1.165, 1.54) is 12.4 Å². The fourth-order valence-corrected chi connectivity index (χ4v) is 2.85. The van der Waals surface area contributed by atoms with Crippen molar-refractivity contribution in [2.75, 3.05) is 18.3 Å². The van der Waals surface area contributed by atoms with Gasteiger partial charge in [0.2, 0.25) is 0 Å². The molecule has 8 heteroatoms. The van der Waals surface area contributed by atoms with Crippen LogP contribution in [0.25, 0.3) is 0 Å². The topological polar surface area (TPSA) is 88.9 Å². The number of hydrogen-bond acceptors (Lipinski definition) is 5. The van der Waals surface area contributed by atoms with Gasteiger partial charge in [-0.25, -0.2) is 8.42 Å². The molecule has 0 fully saturated rings. The molecule has 2 aromatic heterocycles. The summed E-state index contributed by atoms with van der Waals surface area (Å²) < 4.78 is 28.7. The van der Waals surface area contributed by atoms with Crippen LogP contribution in [-0.4, -0.2) is 36.8 Å². The normalized spacial score (nSPS) is 11.5. The van der Waals surface area contributed by atoms with Gasteiger partial charge in [0.15, 0.2) is 0 Å². The van der Waals surface area contributed by atoms with Gasteiger partial charge in [0.05, 0.1) is 11.9 Å². The maximum absolute atomic E-state index is 12.3. The lowest BCUT2D eigenvalue weighted by molar-refractivity contribution is 0.561. The van der Waals surface area contributed by atoms with E-state index in [-0.39, 0.29) is 4.90 Å². The first-order valence-corrected chi connectivity index (χ1v) is 8.12. The van der Waals surface area contributed by atoms with E-state index in [0.29, 0.717) is 12.2 Å². The number of anilines is 1. The third-order valence-electron chi connectivity index (χ3n) is 2.88. The fourth-order valence-electron chi connectivity index (χ4n) is 1.85. The highest BCUT2D eigenvalue weighted by atomic mass is 32.2. The Morgan fingerprint density at radius 3 is 2.90 bits per heavy atom. The maximum atomic E-state index is 12.3. The van der Waals surface area contributed by atoms with Crippen molar-refractivity contribution < 1.29 is 8.42 Å². The Kier molecular flexibility index (Phi) is 4.92. The van der Waals surface area contributed by atoms with Crippen molar-refractivity contribution in [3.8, 4) is 0 Å². The molecule has 0 saturated carbocycles. The Morgan fingerprint density at radius 1 is 1.38 bits per heavy atom. The molecule has 21 heavy (non-hydrogen) atoms. The second-order valence-electron chi connectivity index (χ2n) is 4.69. The first kappa shape index (κ1) is 15.5. The van der Waals surface area contributed by atoms with Gasteiger partial charge in [0, 0.05) is 24.6 Å². The molecule has 2 N–H and O–H groups in total. The van der Waals surface area contributed by atoms with E-state index in [2.05, 4.69) is 20.1 Å². The van der Waals surface area contributed by atoms with Crippen LogP contribution in [0, 0.1) is 6.92 Å². The molecule has 0 aliphatic heterocycles. The standard InChI is InChI=1S/C13H19N5O2S/c1-11-8-12(4-6-15-11)17-21(19,20)13-9-16-18(10-13)7-3-5-14-2/h4,6,8-10,14H,3,5,7H2,1-2H3,(H,15,17). The minimum Gasteiger partial charge on any atom is -0.320 e. The lowest BCUT2D eigenvalue weighted by Crippen LogP contribution is -2.13. The molecule has 114 valence electrons. The summed E-state index contributed by atoms with van der Waals surface area (Å²) in [6.45, 7) is 3.33. The van der Waals surface area contributed by atoms with Crippen LogP contribution in [0.2, 0.25) is 0 Å². The van der Waals surface area contributed by atoms with Crippen LogP contribution in [-0.2, 0) is 16.6 Å². The quantitative estimate of drug-likeness (QED) is 0.745. The van der Waals surface area contributed by atoms with Gasteiger partial charge in [-0.3, -0.25) is 14.4 Å². The summed E-state index contributed by atoms with van der Waals surface area (Å²) in [5.74, 6) is 0. The van der Waals surface area contributed by atoms with Crippen molar-refractivity contribution in [2.24, 2.45) is 0 Å². The van der Waals surface area contributed by atoms with E-state index in [1.54, 1.807) is 29.9 Å². The minimum absolute atomic E-state index is 0.154. The highest BCUT2D eigenvalue weighted by molar-refractivity contribution is 7.92. The van der Waals surface area contributed by atoms with E-state index < -0.39 is 10.0 Å². The summed E-state index contributed by atoms with van der Waals surface area (Å²) in [5.41, 5.74) is 1.24. The average molecular weight is 309 g/mol. The van der Waals surface area contributed by atoms with Crippen LogP contribution in [0.3, 0.4) is 0 Å². The summed E-state index contributed by atoms with van der Waals surface area (Å²) in [4.78, 5) is 4.19. The van der Waals surface area contributed by atoms with Gasteiger partial charge in [0.25, 0.3) is 10.0 Å². The number of aryl methyl sites for hydroxylation is 2. The van der Waals surface area contributed by atoms with Crippen LogP contribution < -0.4 is 10.0 Å². The van der Waals surface area contributed by atoms with Crippen molar-refractivity contribution >= 4 is 15.7 Å². The number of aromatic nitrogens is 3. The predicted molar refractivity (Wildman–Crippen MR) is 80.6 cm³/mol. The van der Waals surface area contributed by atoms with Crippen LogP contribution in [0.15, 0.2) is 35.6 Å². The molecule has 2 heterocycles. The maximum Gasteiger partial charge on any atom is 0.265 e. The average Bonchev–Trinajstić information content (AvgIpc) is 2.88. The van der Waals surface area contributed by atoms with Gasteiger partial charge in [-0.1, -0.05) is 0 Å². The van der Waals surface area contributed by atoms with Crippen LogP contribution in [0.5, 0.6) is 0 Å². The lowest BCUT2D eigenvalue weighted by Gasteiger charge is -2.06. The Hall–Kier alpha value is -1.93. The number of rotatable bonds is 7. The SMILES string of the molecule is CNCCCn1cc(S(=O)(=O)Nc2ccnc(C)c2)cn1. The summed E-state index contributed by atoms with van der Waals surface area (Å²) in [6, 6.07) is 3.29. The van der Waals surface area contributed by atoms with E-state index in [4.69, 9.17) is 0 Å². The number of hydrogen-bond donors (Lipinski definition) is 2. The molecule has 0 unspecified atom stereocenters. The summed E-state index contributed by atoms with van der Waals surface area (Å²) >= 11 is 0. The fraction of sp³-hybridized carbons (Fsp3) is 0.385. The van der Waals surface area contributed by atoms with Crippen LogP contribution in [0.1, 0.15) is 12.1 Å². The van der Waals surface area contributed by atoms with Crippen LogP contribution in [0.4, 0.5) is 5.69 Å². The van der Waals surface area contributed by atoms with Gasteiger partial charge >= 0.3 is 0 Å². The Morgan fingerprint density at radius 2 is 2.19 bits per heavy atom. The van der Waals surface area contributed by atoms with Gasteiger partial charge in [-0.05, 0) is 39.1 Å². The van der Waals surface area contributed by atoms with Gasteiger partial charge in [-0.2, -0.15) is 5.10 Å². The number of sulfonamides is 1. The van der Waals surface area contributed by atoms with Crippen molar-refractivity contribution in [1.29, 1.82) is 0 Å². The van der Waals surface area contributed by atoms with Gasteiger partial charge in [-0.15, -0.1) is 0 Å². The van der Waals surface area contributed by atoms with E-state index >= 15 is 0 Å². The second kappa shape index (κ2) is 6.68. The molecule has 0 bridgehead atoms. The second-order valence-corrected chi connectivity index (χ2v) is 6.37. The van der Waals surface area contributed by atoms with Crippen molar-refractivity contribution in [3.63, 3.8) is 0 Å². The summed E-state index contributed by atoms with van der Waals surface area (Å²) in [7, 11) is -1.74. The molecular weight excluding hydrogens is 290 g/mol. The highest BCUT2D eigenvalue weighted by Crippen LogP contribution is 2.15. The van der Waals surface area contributed by atoms with Crippen LogP contribution >= 0.6 is 0 Å². The zero-order chi connectivity index (χ0) is 15.3. The first-order chi connectivity index (χ1) is 10.0. The molecule has 0 aliphatic carbocycles. The highest BCUT2D eigenvalue weighted by Gasteiger charge is 2.16. The smallest absolute Gasteiger partial charge is 0.265 e. The number of nitrogens with one attached hydrogen (secondary N) is 2. The number of nitrogens with zero attached hydrogens (tertiary/aromatic N) is 3. The van der Waals surface area contributed by atoms with Crippen molar-refractivity contribution in [1.82, 2.24) is 20.1 Å². The Labute approximate surface area is 124 Å². The zero-order valence-corrected chi connectivity index (χ0v) is 12.9. The Balaban J connectivity index is 2.09. The summed E-state index contributed by atoms with van der Waals surface area (Å²) in [6.07, 6.45) is 5.34. The predicted octanol–water partition coefficient (Wildman–Crippen LogP) is 0.997. The third kappa shape index (κ3) is 4.27. The lowest BCUT2D eigenvalue weighted by atomic mass is 10.3. The third-order valence-corrected chi connectivity index (χ3v) is 4.22. The van der Waals surface area contributed by atoms with E-state index in [1.807, 2.05) is 7.05 Å². The molecule has 0 atom stereocenters.